The predicted octanol–water partition coefficient (Wildman–Crippen LogP) is 2.65. The number of alkyl halides is 3. The minimum Gasteiger partial charge on any atom is -0.330 e. The van der Waals surface area contributed by atoms with Gasteiger partial charge >= 0.3 is 6.18 Å². The molecule has 0 spiro atoms. The van der Waals surface area contributed by atoms with Crippen LogP contribution < -0.4 is 5.73 Å². The van der Waals surface area contributed by atoms with Crippen LogP contribution in [0.1, 0.15) is 12.0 Å². The number of hydrogen-bond donors (Lipinski definition) is 1. The third-order valence-corrected chi connectivity index (χ3v) is 3.79. The first-order valence-electron chi connectivity index (χ1n) is 6.53. The summed E-state index contributed by atoms with van der Waals surface area (Å²) in [7, 11) is 0. The Labute approximate surface area is 111 Å². The maximum absolute atomic E-state index is 12.9. The standard InChI is InChI=1S/C14H19F3N2/c15-14(16,17)13-6-7-19(10-12(13)8-18)9-11-4-2-1-3-5-11/h1-5,12-13H,6-10,18H2. The molecular weight excluding hydrogens is 253 g/mol. The third-order valence-electron chi connectivity index (χ3n) is 3.79. The first kappa shape index (κ1) is 14.3. The van der Waals surface area contributed by atoms with Crippen molar-refractivity contribution in [2.24, 2.45) is 17.6 Å². The average Bonchev–Trinajstić information content (AvgIpc) is 2.38. The predicted molar refractivity (Wildman–Crippen MR) is 68.4 cm³/mol. The number of likely N-dealkylation sites (tertiary alicyclic amines) is 1. The summed E-state index contributed by atoms with van der Waals surface area (Å²) in [6.07, 6.45) is -3.97. The van der Waals surface area contributed by atoms with Gasteiger partial charge in [0.25, 0.3) is 0 Å². The van der Waals surface area contributed by atoms with Crippen molar-refractivity contribution in [2.75, 3.05) is 19.6 Å². The van der Waals surface area contributed by atoms with Crippen molar-refractivity contribution >= 4 is 0 Å². The Morgan fingerprint density at radius 2 is 1.89 bits per heavy atom. The third kappa shape index (κ3) is 3.70. The lowest BCUT2D eigenvalue weighted by Gasteiger charge is -2.38. The molecule has 2 rings (SSSR count). The quantitative estimate of drug-likeness (QED) is 0.916. The smallest absolute Gasteiger partial charge is 0.330 e. The van der Waals surface area contributed by atoms with Crippen LogP contribution >= 0.6 is 0 Å². The number of rotatable bonds is 3. The van der Waals surface area contributed by atoms with Crippen LogP contribution in [-0.4, -0.2) is 30.7 Å². The van der Waals surface area contributed by atoms with Crippen LogP contribution in [-0.2, 0) is 6.54 Å². The summed E-state index contributed by atoms with van der Waals surface area (Å²) >= 11 is 0. The number of piperidine rings is 1. The fourth-order valence-electron chi connectivity index (χ4n) is 2.76. The highest BCUT2D eigenvalue weighted by Gasteiger charge is 2.46. The first-order valence-corrected chi connectivity index (χ1v) is 6.53. The van der Waals surface area contributed by atoms with Gasteiger partial charge in [0.2, 0.25) is 0 Å². The molecule has 19 heavy (non-hydrogen) atoms. The largest absolute Gasteiger partial charge is 0.392 e. The molecule has 2 nitrogen and oxygen atoms in total. The van der Waals surface area contributed by atoms with Crippen LogP contribution in [0.5, 0.6) is 0 Å². The second kappa shape index (κ2) is 5.92. The summed E-state index contributed by atoms with van der Waals surface area (Å²) in [6, 6.07) is 9.80. The number of nitrogens with two attached hydrogens (primary N) is 1. The Kier molecular flexibility index (Phi) is 4.47. The van der Waals surface area contributed by atoms with Gasteiger partial charge in [-0.05, 0) is 31.0 Å². The van der Waals surface area contributed by atoms with Crippen molar-refractivity contribution in [3.05, 3.63) is 35.9 Å². The van der Waals surface area contributed by atoms with E-state index in [1.165, 1.54) is 0 Å². The normalized spacial score (nSPS) is 25.5. The van der Waals surface area contributed by atoms with Gasteiger partial charge in [-0.15, -0.1) is 0 Å². The molecule has 2 N–H and O–H groups in total. The lowest BCUT2D eigenvalue weighted by atomic mass is 9.85. The average molecular weight is 272 g/mol. The Morgan fingerprint density at radius 1 is 1.21 bits per heavy atom. The molecule has 0 saturated carbocycles. The maximum Gasteiger partial charge on any atom is 0.392 e. The Balaban J connectivity index is 1.97. The topological polar surface area (TPSA) is 29.3 Å². The van der Waals surface area contributed by atoms with Gasteiger partial charge in [0.05, 0.1) is 5.92 Å². The fourth-order valence-corrected chi connectivity index (χ4v) is 2.76. The van der Waals surface area contributed by atoms with E-state index < -0.39 is 18.0 Å². The van der Waals surface area contributed by atoms with Crippen LogP contribution in [0.25, 0.3) is 0 Å². The molecule has 2 atom stereocenters. The van der Waals surface area contributed by atoms with Gasteiger partial charge in [-0.2, -0.15) is 13.2 Å². The van der Waals surface area contributed by atoms with Gasteiger partial charge in [-0.1, -0.05) is 30.3 Å². The zero-order valence-electron chi connectivity index (χ0n) is 10.7. The van der Waals surface area contributed by atoms with Crippen LogP contribution in [0.4, 0.5) is 13.2 Å². The second-order valence-corrected chi connectivity index (χ2v) is 5.15. The zero-order valence-corrected chi connectivity index (χ0v) is 10.7. The van der Waals surface area contributed by atoms with Gasteiger partial charge in [0, 0.05) is 13.1 Å². The van der Waals surface area contributed by atoms with Crippen molar-refractivity contribution in [3.63, 3.8) is 0 Å². The fraction of sp³-hybridized carbons (Fsp3) is 0.571. The lowest BCUT2D eigenvalue weighted by molar-refractivity contribution is -0.199. The minimum absolute atomic E-state index is 0.0927. The van der Waals surface area contributed by atoms with Gasteiger partial charge < -0.3 is 5.73 Å². The van der Waals surface area contributed by atoms with Crippen LogP contribution in [0.15, 0.2) is 30.3 Å². The Hall–Kier alpha value is -1.07. The highest BCUT2D eigenvalue weighted by atomic mass is 19.4. The van der Waals surface area contributed by atoms with Crippen molar-refractivity contribution in [2.45, 2.75) is 19.1 Å². The molecule has 106 valence electrons. The highest BCUT2D eigenvalue weighted by molar-refractivity contribution is 5.14. The minimum atomic E-state index is -4.12. The van der Waals surface area contributed by atoms with Crippen molar-refractivity contribution in [1.29, 1.82) is 0 Å². The van der Waals surface area contributed by atoms with Crippen LogP contribution in [0, 0.1) is 11.8 Å². The number of benzene rings is 1. The van der Waals surface area contributed by atoms with Crippen LogP contribution in [0.3, 0.4) is 0 Å². The monoisotopic (exact) mass is 272 g/mol. The van der Waals surface area contributed by atoms with Gasteiger partial charge in [0.15, 0.2) is 0 Å². The summed E-state index contributed by atoms with van der Waals surface area (Å²) in [5.74, 6) is -1.73. The maximum atomic E-state index is 12.9. The summed E-state index contributed by atoms with van der Waals surface area (Å²) in [6.45, 7) is 1.70. The molecule has 0 bridgehead atoms. The van der Waals surface area contributed by atoms with Gasteiger partial charge in [-0.3, -0.25) is 4.90 Å². The van der Waals surface area contributed by atoms with E-state index in [2.05, 4.69) is 4.90 Å². The molecule has 5 heteroatoms. The second-order valence-electron chi connectivity index (χ2n) is 5.15. The van der Waals surface area contributed by atoms with E-state index in [1.54, 1.807) is 0 Å². The SMILES string of the molecule is NCC1CN(Cc2ccccc2)CCC1C(F)(F)F. The van der Waals surface area contributed by atoms with E-state index >= 15 is 0 Å². The van der Waals surface area contributed by atoms with Crippen molar-refractivity contribution in [1.82, 2.24) is 4.90 Å². The molecule has 1 aliphatic heterocycles. The molecule has 2 unspecified atom stereocenters. The molecule has 1 fully saturated rings. The zero-order chi connectivity index (χ0) is 13.9. The lowest BCUT2D eigenvalue weighted by Crippen LogP contribution is -2.47. The van der Waals surface area contributed by atoms with E-state index in [4.69, 9.17) is 5.73 Å². The Bertz CT molecular complexity index is 391. The molecule has 0 aromatic heterocycles. The molecule has 0 amide bonds. The molecule has 1 saturated heterocycles. The van der Waals surface area contributed by atoms with E-state index in [1.807, 2.05) is 30.3 Å². The Morgan fingerprint density at radius 3 is 2.47 bits per heavy atom. The summed E-state index contributed by atoms with van der Waals surface area (Å²) in [5.41, 5.74) is 6.65. The van der Waals surface area contributed by atoms with Gasteiger partial charge in [0.1, 0.15) is 0 Å². The molecule has 1 aromatic carbocycles. The van der Waals surface area contributed by atoms with E-state index in [0.717, 1.165) is 5.56 Å². The van der Waals surface area contributed by atoms with Crippen molar-refractivity contribution < 1.29 is 13.2 Å². The molecule has 0 aliphatic carbocycles. The molecule has 1 aromatic rings. The van der Waals surface area contributed by atoms with Gasteiger partial charge in [-0.25, -0.2) is 0 Å². The highest BCUT2D eigenvalue weighted by Crippen LogP contribution is 2.37. The van der Waals surface area contributed by atoms with Crippen LogP contribution in [0.2, 0.25) is 0 Å². The molecule has 0 radical (unpaired) electrons. The van der Waals surface area contributed by atoms with E-state index in [9.17, 15) is 13.2 Å². The first-order chi connectivity index (χ1) is 9.00. The summed E-state index contributed by atoms with van der Waals surface area (Å²) in [4.78, 5) is 2.06. The van der Waals surface area contributed by atoms with E-state index in [0.29, 0.717) is 19.6 Å². The molecule has 1 heterocycles. The molecule has 1 aliphatic rings. The summed E-state index contributed by atoms with van der Waals surface area (Å²) < 4.78 is 38.6. The van der Waals surface area contributed by atoms with Crippen molar-refractivity contribution in [3.8, 4) is 0 Å². The summed E-state index contributed by atoms with van der Waals surface area (Å²) in [5, 5.41) is 0. The number of hydrogen-bond acceptors (Lipinski definition) is 2. The number of nitrogens with zero attached hydrogens (tertiary/aromatic N) is 1. The van der Waals surface area contributed by atoms with E-state index in [-0.39, 0.29) is 13.0 Å². The molecular formula is C14H19F3N2. The number of halogens is 3.